The fourth-order valence-corrected chi connectivity index (χ4v) is 4.31. The van der Waals surface area contributed by atoms with Crippen LogP contribution in [0.2, 0.25) is 0 Å². The van der Waals surface area contributed by atoms with Gasteiger partial charge in [-0.25, -0.2) is 16.8 Å². The molecule has 1 aromatic carbocycles. The molecular formula is C21H23FN4O2S. The summed E-state index contributed by atoms with van der Waals surface area (Å²) in [4.78, 5) is 4.01. The molecule has 0 saturated heterocycles. The minimum absolute atomic E-state index is 0.0978. The van der Waals surface area contributed by atoms with Gasteiger partial charge in [0.15, 0.2) is 0 Å². The second kappa shape index (κ2) is 9.13. The number of halogens is 1. The largest absolute Gasteiger partial charge is 0.326 e. The molecule has 8 heteroatoms. The Bertz CT molecular complexity index is 1110. The van der Waals surface area contributed by atoms with E-state index in [9.17, 15) is 12.8 Å². The molecule has 3 rings (SSSR count). The van der Waals surface area contributed by atoms with E-state index >= 15 is 0 Å². The van der Waals surface area contributed by atoms with Gasteiger partial charge in [0.1, 0.15) is 5.82 Å². The summed E-state index contributed by atoms with van der Waals surface area (Å²) in [5.41, 5.74) is 8.99. The van der Waals surface area contributed by atoms with Crippen LogP contribution in [0.3, 0.4) is 0 Å². The minimum atomic E-state index is -3.69. The lowest BCUT2D eigenvalue weighted by molar-refractivity contribution is 0.591. The van der Waals surface area contributed by atoms with E-state index in [1.165, 1.54) is 16.1 Å². The van der Waals surface area contributed by atoms with Crippen molar-refractivity contribution >= 4 is 16.1 Å². The van der Waals surface area contributed by atoms with E-state index in [-0.39, 0.29) is 12.3 Å². The zero-order valence-electron chi connectivity index (χ0n) is 16.0. The lowest BCUT2D eigenvalue weighted by Gasteiger charge is -2.12. The van der Waals surface area contributed by atoms with Gasteiger partial charge in [0.05, 0.1) is 11.4 Å². The smallest absolute Gasteiger partial charge is 0.242 e. The second-order valence-electron chi connectivity index (χ2n) is 6.53. The van der Waals surface area contributed by atoms with E-state index in [1.807, 2.05) is 6.07 Å². The third-order valence-electron chi connectivity index (χ3n) is 4.39. The van der Waals surface area contributed by atoms with Gasteiger partial charge < -0.3 is 11.1 Å². The molecule has 0 saturated carbocycles. The first-order valence-corrected chi connectivity index (χ1v) is 10.7. The van der Waals surface area contributed by atoms with Crippen molar-refractivity contribution in [1.29, 1.82) is 0 Å². The number of nitrogens with one attached hydrogen (secondary N) is 1. The number of hydrogen-bond acceptors (Lipinski definition) is 5. The third-order valence-corrected chi connectivity index (χ3v) is 5.90. The van der Waals surface area contributed by atoms with E-state index in [2.05, 4.69) is 10.3 Å². The number of rotatable bonds is 8. The van der Waals surface area contributed by atoms with Crippen LogP contribution in [0, 0.1) is 5.82 Å². The molecule has 2 heterocycles. The summed E-state index contributed by atoms with van der Waals surface area (Å²) in [5, 5.41) is 3.02. The Labute approximate surface area is 170 Å². The molecule has 3 aromatic rings. The van der Waals surface area contributed by atoms with Gasteiger partial charge in [0, 0.05) is 37.2 Å². The monoisotopic (exact) mass is 414 g/mol. The van der Waals surface area contributed by atoms with Crippen LogP contribution in [-0.2, 0) is 23.1 Å². The zero-order chi connectivity index (χ0) is 20.9. The molecule has 0 spiro atoms. The van der Waals surface area contributed by atoms with E-state index in [4.69, 9.17) is 5.73 Å². The van der Waals surface area contributed by atoms with Crippen molar-refractivity contribution < 1.29 is 12.8 Å². The van der Waals surface area contributed by atoms with Crippen molar-refractivity contribution in [1.82, 2.24) is 14.3 Å². The van der Waals surface area contributed by atoms with E-state index in [0.29, 0.717) is 23.4 Å². The Kier molecular flexibility index (Phi) is 6.58. The molecule has 0 unspecified atom stereocenters. The molecule has 29 heavy (non-hydrogen) atoms. The summed E-state index contributed by atoms with van der Waals surface area (Å²) < 4.78 is 41.0. The summed E-state index contributed by atoms with van der Waals surface area (Å²) in [6, 6.07) is 9.61. The average Bonchev–Trinajstić information content (AvgIpc) is 3.13. The number of nitrogens with two attached hydrogens (primary N) is 1. The maximum atomic E-state index is 13.6. The Morgan fingerprint density at radius 1 is 1.28 bits per heavy atom. The standard InChI is InChI=1S/C21H23FN4O2S/c1-24-13-17-10-21(20-7-6-19(22)11-18(20)12-23)26(15-17)29(27,28)9-3-5-16-4-2-8-25-14-16/h2-8,10-11,14-15,24H,9,12-13,23H2,1H3. The van der Waals surface area contributed by atoms with Crippen LogP contribution in [0.15, 0.2) is 61.1 Å². The molecule has 6 nitrogen and oxygen atoms in total. The van der Waals surface area contributed by atoms with Crippen LogP contribution < -0.4 is 11.1 Å². The maximum absolute atomic E-state index is 13.6. The predicted octanol–water partition coefficient (Wildman–Crippen LogP) is 2.76. The Morgan fingerprint density at radius 3 is 2.79 bits per heavy atom. The molecule has 0 aliphatic heterocycles. The highest BCUT2D eigenvalue weighted by Crippen LogP contribution is 2.28. The van der Waals surface area contributed by atoms with Crippen LogP contribution in [0.4, 0.5) is 4.39 Å². The second-order valence-corrected chi connectivity index (χ2v) is 8.42. The van der Waals surface area contributed by atoms with Crippen molar-refractivity contribution in [3.05, 3.63) is 83.6 Å². The van der Waals surface area contributed by atoms with Gasteiger partial charge >= 0.3 is 0 Å². The Morgan fingerprint density at radius 2 is 2.10 bits per heavy atom. The molecule has 0 aliphatic rings. The highest BCUT2D eigenvalue weighted by atomic mass is 32.2. The molecule has 152 valence electrons. The fourth-order valence-electron chi connectivity index (χ4n) is 3.07. The molecule has 0 bridgehead atoms. The average molecular weight is 415 g/mol. The van der Waals surface area contributed by atoms with Gasteiger partial charge in [-0.15, -0.1) is 0 Å². The third kappa shape index (κ3) is 4.97. The first-order valence-electron chi connectivity index (χ1n) is 9.09. The first kappa shape index (κ1) is 20.9. The normalized spacial score (nSPS) is 12.0. The summed E-state index contributed by atoms with van der Waals surface area (Å²) in [6.07, 6.45) is 8.19. The predicted molar refractivity (Wildman–Crippen MR) is 113 cm³/mol. The van der Waals surface area contributed by atoms with Gasteiger partial charge in [-0.05, 0) is 54.1 Å². The number of pyridine rings is 1. The van der Waals surface area contributed by atoms with Crippen molar-refractivity contribution in [2.24, 2.45) is 5.73 Å². The number of nitrogens with zero attached hydrogens (tertiary/aromatic N) is 2. The van der Waals surface area contributed by atoms with E-state index < -0.39 is 15.8 Å². The van der Waals surface area contributed by atoms with Crippen LogP contribution in [0.25, 0.3) is 17.3 Å². The van der Waals surface area contributed by atoms with Crippen LogP contribution >= 0.6 is 0 Å². The molecule has 2 aromatic heterocycles. The number of benzene rings is 1. The molecule has 0 fully saturated rings. The summed E-state index contributed by atoms with van der Waals surface area (Å²) in [6.45, 7) is 0.598. The summed E-state index contributed by atoms with van der Waals surface area (Å²) in [5.74, 6) is -0.605. The lowest BCUT2D eigenvalue weighted by Crippen LogP contribution is -2.16. The highest BCUT2D eigenvalue weighted by Gasteiger charge is 2.20. The van der Waals surface area contributed by atoms with Gasteiger partial charge in [0.25, 0.3) is 0 Å². The van der Waals surface area contributed by atoms with E-state index in [1.54, 1.807) is 56.0 Å². The van der Waals surface area contributed by atoms with Gasteiger partial charge in [-0.1, -0.05) is 18.2 Å². The minimum Gasteiger partial charge on any atom is -0.326 e. The molecule has 0 radical (unpaired) electrons. The maximum Gasteiger partial charge on any atom is 0.242 e. The van der Waals surface area contributed by atoms with E-state index in [0.717, 1.165) is 11.1 Å². The van der Waals surface area contributed by atoms with Gasteiger partial charge in [-0.2, -0.15) is 0 Å². The SMILES string of the molecule is CNCc1cc(-c2ccc(F)cc2CN)n(S(=O)(=O)CC=Cc2cccnc2)c1. The molecule has 0 atom stereocenters. The zero-order valence-corrected chi connectivity index (χ0v) is 16.9. The molecular weight excluding hydrogens is 391 g/mol. The van der Waals surface area contributed by atoms with Crippen molar-refractivity contribution in [2.75, 3.05) is 12.8 Å². The van der Waals surface area contributed by atoms with Gasteiger partial charge in [-0.3, -0.25) is 4.98 Å². The molecule has 3 N–H and O–H groups in total. The first-order chi connectivity index (χ1) is 13.9. The lowest BCUT2D eigenvalue weighted by atomic mass is 10.0. The number of aromatic nitrogens is 2. The summed E-state index contributed by atoms with van der Waals surface area (Å²) >= 11 is 0. The van der Waals surface area contributed by atoms with Gasteiger partial charge in [0.2, 0.25) is 10.0 Å². The van der Waals surface area contributed by atoms with Crippen molar-refractivity contribution in [3.8, 4) is 11.3 Å². The highest BCUT2D eigenvalue weighted by molar-refractivity contribution is 7.90. The Balaban J connectivity index is 2.00. The van der Waals surface area contributed by atoms with Crippen molar-refractivity contribution in [3.63, 3.8) is 0 Å². The van der Waals surface area contributed by atoms with Crippen LogP contribution in [-0.4, -0.2) is 30.2 Å². The fraction of sp³-hybridized carbons (Fsp3) is 0.190. The Hall–Kier alpha value is -2.81. The van der Waals surface area contributed by atoms with Crippen LogP contribution in [0.1, 0.15) is 16.7 Å². The van der Waals surface area contributed by atoms with Crippen molar-refractivity contribution in [2.45, 2.75) is 13.1 Å². The van der Waals surface area contributed by atoms with Crippen LogP contribution in [0.5, 0.6) is 0 Å². The summed E-state index contributed by atoms with van der Waals surface area (Å²) in [7, 11) is -1.91. The number of hydrogen-bond donors (Lipinski definition) is 2. The molecule has 0 aliphatic carbocycles. The topological polar surface area (TPSA) is 90.0 Å². The quantitative estimate of drug-likeness (QED) is 0.592. The molecule has 0 amide bonds.